The molecule has 0 saturated carbocycles. The molecule has 0 aromatic heterocycles. The summed E-state index contributed by atoms with van der Waals surface area (Å²) in [6.07, 6.45) is 0. The van der Waals surface area contributed by atoms with Crippen LogP contribution in [0.25, 0.3) is 0 Å². The van der Waals surface area contributed by atoms with Crippen LogP contribution < -0.4 is 4.90 Å². The van der Waals surface area contributed by atoms with E-state index in [0.717, 1.165) is 19.2 Å². The molecule has 0 bridgehead atoms. The van der Waals surface area contributed by atoms with Crippen LogP contribution in [0.4, 0.5) is 14.5 Å². The van der Waals surface area contributed by atoms with E-state index in [0.29, 0.717) is 18.8 Å². The summed E-state index contributed by atoms with van der Waals surface area (Å²) in [6, 6.07) is 3.81. The van der Waals surface area contributed by atoms with E-state index >= 15 is 0 Å². The average molecular weight is 256 g/mol. The third-order valence-electron chi connectivity index (χ3n) is 3.45. The van der Waals surface area contributed by atoms with Crippen LogP contribution in [0, 0.1) is 11.6 Å². The van der Waals surface area contributed by atoms with Gasteiger partial charge in [0.1, 0.15) is 11.6 Å². The highest BCUT2D eigenvalue weighted by Gasteiger charge is 2.22. The number of halogens is 2. The van der Waals surface area contributed by atoms with Gasteiger partial charge in [-0.1, -0.05) is 0 Å². The maximum absolute atomic E-state index is 13.6. The molecule has 1 aliphatic heterocycles. The van der Waals surface area contributed by atoms with Gasteiger partial charge in [-0.05, 0) is 19.1 Å². The summed E-state index contributed by atoms with van der Waals surface area (Å²) >= 11 is 0. The van der Waals surface area contributed by atoms with Gasteiger partial charge < -0.3 is 10.0 Å². The second-order valence-electron chi connectivity index (χ2n) is 4.65. The van der Waals surface area contributed by atoms with Crippen molar-refractivity contribution < 1.29 is 13.9 Å². The van der Waals surface area contributed by atoms with E-state index in [4.69, 9.17) is 5.11 Å². The molecule has 18 heavy (non-hydrogen) atoms. The summed E-state index contributed by atoms with van der Waals surface area (Å²) in [6.45, 7) is 5.02. The molecule has 0 spiro atoms. The first-order valence-corrected chi connectivity index (χ1v) is 6.16. The van der Waals surface area contributed by atoms with Crippen molar-refractivity contribution in [1.29, 1.82) is 0 Å². The van der Waals surface area contributed by atoms with Crippen molar-refractivity contribution in [2.75, 3.05) is 37.7 Å². The van der Waals surface area contributed by atoms with Gasteiger partial charge in [-0.15, -0.1) is 0 Å². The van der Waals surface area contributed by atoms with Gasteiger partial charge in [0.25, 0.3) is 0 Å². The van der Waals surface area contributed by atoms with Crippen molar-refractivity contribution in [2.24, 2.45) is 0 Å². The second kappa shape index (κ2) is 5.63. The summed E-state index contributed by atoms with van der Waals surface area (Å²) in [5.41, 5.74) is 0.452. The van der Waals surface area contributed by atoms with Crippen LogP contribution in [0.5, 0.6) is 0 Å². The molecule has 1 saturated heterocycles. The Balaban J connectivity index is 2.01. The van der Waals surface area contributed by atoms with E-state index in [1.807, 2.05) is 11.8 Å². The van der Waals surface area contributed by atoms with Gasteiger partial charge in [-0.3, -0.25) is 4.90 Å². The molecule has 1 atom stereocenters. The molecule has 1 aliphatic rings. The topological polar surface area (TPSA) is 26.7 Å². The van der Waals surface area contributed by atoms with E-state index < -0.39 is 11.6 Å². The largest absolute Gasteiger partial charge is 0.395 e. The zero-order valence-electron chi connectivity index (χ0n) is 10.4. The first-order valence-electron chi connectivity index (χ1n) is 6.16. The second-order valence-corrected chi connectivity index (χ2v) is 4.65. The lowest BCUT2D eigenvalue weighted by atomic mass is 10.2. The third kappa shape index (κ3) is 2.79. The molecule has 1 aromatic rings. The highest BCUT2D eigenvalue weighted by atomic mass is 19.1. The molecule has 1 fully saturated rings. The minimum absolute atomic E-state index is 0.130. The quantitative estimate of drug-likeness (QED) is 0.887. The van der Waals surface area contributed by atoms with E-state index in [2.05, 4.69) is 4.90 Å². The Morgan fingerprint density at radius 3 is 2.44 bits per heavy atom. The molecule has 0 amide bonds. The lowest BCUT2D eigenvalue weighted by Crippen LogP contribution is -2.50. The molecule has 3 nitrogen and oxygen atoms in total. The summed E-state index contributed by atoms with van der Waals surface area (Å²) < 4.78 is 26.5. The number of aliphatic hydroxyl groups is 1. The minimum atomic E-state index is -0.552. The molecule has 100 valence electrons. The SMILES string of the molecule is CC(CO)N1CCN(c2ccc(F)cc2F)CC1. The molecule has 2 rings (SSSR count). The maximum atomic E-state index is 13.6. The Bertz CT molecular complexity index is 406. The lowest BCUT2D eigenvalue weighted by molar-refractivity contribution is 0.128. The monoisotopic (exact) mass is 256 g/mol. The predicted molar refractivity (Wildman–Crippen MR) is 66.7 cm³/mol. The molecule has 1 N–H and O–H groups in total. The molecule has 1 heterocycles. The van der Waals surface area contributed by atoms with E-state index in [1.54, 1.807) is 0 Å². The van der Waals surface area contributed by atoms with Gasteiger partial charge in [-0.25, -0.2) is 8.78 Å². The van der Waals surface area contributed by atoms with Crippen LogP contribution in [0.2, 0.25) is 0 Å². The Morgan fingerprint density at radius 2 is 1.89 bits per heavy atom. The van der Waals surface area contributed by atoms with E-state index in [9.17, 15) is 8.78 Å². The smallest absolute Gasteiger partial charge is 0.149 e. The fraction of sp³-hybridized carbons (Fsp3) is 0.538. The fourth-order valence-corrected chi connectivity index (χ4v) is 2.26. The van der Waals surface area contributed by atoms with Crippen molar-refractivity contribution in [3.63, 3.8) is 0 Å². The number of nitrogens with zero attached hydrogens (tertiary/aromatic N) is 2. The zero-order chi connectivity index (χ0) is 13.1. The molecular formula is C13H18F2N2O. The molecule has 1 aromatic carbocycles. The minimum Gasteiger partial charge on any atom is -0.395 e. The first-order chi connectivity index (χ1) is 8.61. The molecule has 1 unspecified atom stereocenters. The number of aliphatic hydroxyl groups excluding tert-OH is 1. The highest BCUT2D eigenvalue weighted by molar-refractivity contribution is 5.48. The number of hydrogen-bond donors (Lipinski definition) is 1. The average Bonchev–Trinajstić information content (AvgIpc) is 2.38. The Morgan fingerprint density at radius 1 is 1.22 bits per heavy atom. The Labute approximate surface area is 106 Å². The zero-order valence-corrected chi connectivity index (χ0v) is 10.4. The number of anilines is 1. The Kier molecular flexibility index (Phi) is 4.14. The number of rotatable bonds is 3. The molecule has 5 heteroatoms. The third-order valence-corrected chi connectivity index (χ3v) is 3.45. The number of hydrogen-bond acceptors (Lipinski definition) is 3. The van der Waals surface area contributed by atoms with Crippen LogP contribution in [-0.2, 0) is 0 Å². The number of benzene rings is 1. The van der Waals surface area contributed by atoms with Crippen LogP contribution in [0.1, 0.15) is 6.92 Å². The molecule has 0 radical (unpaired) electrons. The van der Waals surface area contributed by atoms with Gasteiger partial charge in [-0.2, -0.15) is 0 Å². The van der Waals surface area contributed by atoms with E-state index in [-0.39, 0.29) is 12.6 Å². The van der Waals surface area contributed by atoms with Crippen LogP contribution >= 0.6 is 0 Å². The summed E-state index contributed by atoms with van der Waals surface area (Å²) in [4.78, 5) is 4.08. The normalized spacial score (nSPS) is 19.0. The van der Waals surface area contributed by atoms with Gasteiger partial charge in [0.05, 0.1) is 12.3 Å². The van der Waals surface area contributed by atoms with Gasteiger partial charge >= 0.3 is 0 Å². The van der Waals surface area contributed by atoms with Crippen molar-refractivity contribution in [2.45, 2.75) is 13.0 Å². The van der Waals surface area contributed by atoms with Crippen molar-refractivity contribution >= 4 is 5.69 Å². The Hall–Kier alpha value is -1.20. The van der Waals surface area contributed by atoms with E-state index in [1.165, 1.54) is 12.1 Å². The van der Waals surface area contributed by atoms with Crippen molar-refractivity contribution in [3.05, 3.63) is 29.8 Å². The highest BCUT2D eigenvalue weighted by Crippen LogP contribution is 2.21. The number of piperazine rings is 1. The predicted octanol–water partition coefficient (Wildman–Crippen LogP) is 1.47. The molecular weight excluding hydrogens is 238 g/mol. The summed E-state index contributed by atoms with van der Waals surface area (Å²) in [5.74, 6) is -1.07. The van der Waals surface area contributed by atoms with Crippen molar-refractivity contribution in [1.82, 2.24) is 4.90 Å². The summed E-state index contributed by atoms with van der Waals surface area (Å²) in [7, 11) is 0. The summed E-state index contributed by atoms with van der Waals surface area (Å²) in [5, 5.41) is 9.09. The standard InChI is InChI=1S/C13H18F2N2O/c1-10(9-18)16-4-6-17(7-5-16)13-3-2-11(14)8-12(13)15/h2-3,8,10,18H,4-7,9H2,1H3. The van der Waals surface area contributed by atoms with Crippen LogP contribution in [0.15, 0.2) is 18.2 Å². The molecule has 0 aliphatic carbocycles. The van der Waals surface area contributed by atoms with Gasteiger partial charge in [0.15, 0.2) is 0 Å². The maximum Gasteiger partial charge on any atom is 0.149 e. The van der Waals surface area contributed by atoms with Crippen LogP contribution in [0.3, 0.4) is 0 Å². The lowest BCUT2D eigenvalue weighted by Gasteiger charge is -2.38. The van der Waals surface area contributed by atoms with Crippen molar-refractivity contribution in [3.8, 4) is 0 Å². The van der Waals surface area contributed by atoms with Gasteiger partial charge in [0, 0.05) is 38.3 Å². The van der Waals surface area contributed by atoms with Gasteiger partial charge in [0.2, 0.25) is 0 Å². The van der Waals surface area contributed by atoms with Crippen LogP contribution in [-0.4, -0.2) is 48.8 Å². The fourth-order valence-electron chi connectivity index (χ4n) is 2.26. The first kappa shape index (κ1) is 13.2.